The fraction of sp³-hybridized carbons (Fsp3) is 0.611. The molecule has 0 spiro atoms. The van der Waals surface area contributed by atoms with E-state index in [1.807, 2.05) is 29.2 Å². The number of carbonyl (C=O) groups excluding carboxylic acids is 1. The van der Waals surface area contributed by atoms with Gasteiger partial charge in [0.05, 0.1) is 12.1 Å². The second-order valence-corrected chi connectivity index (χ2v) is 7.34. The normalized spacial score (nSPS) is 25.2. The third kappa shape index (κ3) is 4.46. The number of aliphatic hydroxyl groups is 1. The predicted molar refractivity (Wildman–Crippen MR) is 91.6 cm³/mol. The van der Waals surface area contributed by atoms with Gasteiger partial charge < -0.3 is 14.9 Å². The van der Waals surface area contributed by atoms with Crippen LogP contribution in [-0.4, -0.2) is 59.1 Å². The van der Waals surface area contributed by atoms with E-state index in [2.05, 4.69) is 4.90 Å². The number of hydrogen-bond acceptors (Lipinski definition) is 3. The lowest BCUT2D eigenvalue weighted by molar-refractivity contribution is -0.131. The minimum absolute atomic E-state index is 0.136. The van der Waals surface area contributed by atoms with Gasteiger partial charge in [-0.3, -0.25) is 4.79 Å². The molecule has 1 N–H and O–H groups in total. The average Bonchev–Trinajstić information content (AvgIpc) is 3.16. The van der Waals surface area contributed by atoms with Crippen LogP contribution < -0.4 is 0 Å². The SMILES string of the molecule is O=C(CCc1ccc(Cl)cc1)N1CCC(O)(CN2CCCC2)C1. The molecule has 1 unspecified atom stereocenters. The molecule has 2 fully saturated rings. The maximum Gasteiger partial charge on any atom is 0.223 e. The first-order valence-electron chi connectivity index (χ1n) is 8.51. The van der Waals surface area contributed by atoms with E-state index in [9.17, 15) is 9.90 Å². The van der Waals surface area contributed by atoms with Gasteiger partial charge in [0.25, 0.3) is 0 Å². The van der Waals surface area contributed by atoms with Crippen molar-refractivity contribution in [3.8, 4) is 0 Å². The van der Waals surface area contributed by atoms with Crippen molar-refractivity contribution in [3.63, 3.8) is 0 Å². The molecule has 0 aliphatic carbocycles. The van der Waals surface area contributed by atoms with Crippen molar-refractivity contribution in [2.75, 3.05) is 32.7 Å². The first-order chi connectivity index (χ1) is 11.0. The van der Waals surface area contributed by atoms with Gasteiger partial charge in [0.2, 0.25) is 5.91 Å². The van der Waals surface area contributed by atoms with E-state index >= 15 is 0 Å². The molecular weight excluding hydrogens is 312 g/mol. The molecule has 0 radical (unpaired) electrons. The zero-order chi connectivity index (χ0) is 16.3. The van der Waals surface area contributed by atoms with Gasteiger partial charge in [-0.05, 0) is 56.5 Å². The number of aryl methyl sites for hydroxylation is 1. The molecule has 2 aliphatic rings. The van der Waals surface area contributed by atoms with Gasteiger partial charge in [-0.2, -0.15) is 0 Å². The summed E-state index contributed by atoms with van der Waals surface area (Å²) in [4.78, 5) is 16.5. The van der Waals surface area contributed by atoms with Crippen LogP contribution in [-0.2, 0) is 11.2 Å². The van der Waals surface area contributed by atoms with E-state index < -0.39 is 5.60 Å². The standard InChI is InChI=1S/C18H25ClN2O2/c19-16-6-3-15(4-7-16)5-8-17(22)21-12-9-18(23,14-21)13-20-10-1-2-11-20/h3-4,6-7,23H,1-2,5,8-14H2. The van der Waals surface area contributed by atoms with Crippen LogP contribution in [0.3, 0.4) is 0 Å². The van der Waals surface area contributed by atoms with Crippen LogP contribution in [0.1, 0.15) is 31.2 Å². The minimum Gasteiger partial charge on any atom is -0.387 e. The van der Waals surface area contributed by atoms with Gasteiger partial charge in [0.1, 0.15) is 0 Å². The molecule has 4 nitrogen and oxygen atoms in total. The third-order valence-corrected chi connectivity index (χ3v) is 5.19. The van der Waals surface area contributed by atoms with Crippen LogP contribution in [0.4, 0.5) is 0 Å². The number of amides is 1. The molecule has 5 heteroatoms. The Kier molecular flexibility index (Phi) is 5.24. The molecule has 2 heterocycles. The summed E-state index contributed by atoms with van der Waals surface area (Å²) in [6.45, 7) is 4.00. The van der Waals surface area contributed by atoms with Crippen molar-refractivity contribution in [1.29, 1.82) is 0 Å². The second kappa shape index (κ2) is 7.20. The summed E-state index contributed by atoms with van der Waals surface area (Å²) < 4.78 is 0. The Hall–Kier alpha value is -1.10. The summed E-state index contributed by atoms with van der Waals surface area (Å²) in [7, 11) is 0. The average molecular weight is 337 g/mol. The molecule has 2 aliphatic heterocycles. The van der Waals surface area contributed by atoms with Crippen LogP contribution in [0.15, 0.2) is 24.3 Å². The molecule has 0 saturated carbocycles. The van der Waals surface area contributed by atoms with E-state index in [1.165, 1.54) is 12.8 Å². The summed E-state index contributed by atoms with van der Waals surface area (Å²) in [5.74, 6) is 0.136. The van der Waals surface area contributed by atoms with E-state index in [0.717, 1.165) is 25.1 Å². The summed E-state index contributed by atoms with van der Waals surface area (Å²) in [6.07, 6.45) is 4.34. The second-order valence-electron chi connectivity index (χ2n) is 6.90. The number of benzene rings is 1. The number of β-amino-alcohol motifs (C(OH)–C–C–N with tert-alkyl or cyclic N) is 1. The highest BCUT2D eigenvalue weighted by Gasteiger charge is 2.39. The van der Waals surface area contributed by atoms with Crippen molar-refractivity contribution in [3.05, 3.63) is 34.9 Å². The Morgan fingerprint density at radius 2 is 1.87 bits per heavy atom. The predicted octanol–water partition coefficient (Wildman–Crippen LogP) is 2.33. The Morgan fingerprint density at radius 1 is 1.17 bits per heavy atom. The number of carbonyl (C=O) groups is 1. The smallest absolute Gasteiger partial charge is 0.223 e. The first-order valence-corrected chi connectivity index (χ1v) is 8.89. The fourth-order valence-corrected chi connectivity index (χ4v) is 3.74. The zero-order valence-corrected chi connectivity index (χ0v) is 14.3. The summed E-state index contributed by atoms with van der Waals surface area (Å²) >= 11 is 5.87. The number of hydrogen-bond donors (Lipinski definition) is 1. The molecular formula is C18H25ClN2O2. The van der Waals surface area contributed by atoms with Crippen molar-refractivity contribution in [2.24, 2.45) is 0 Å². The molecule has 3 rings (SSSR count). The maximum atomic E-state index is 12.4. The molecule has 23 heavy (non-hydrogen) atoms. The topological polar surface area (TPSA) is 43.8 Å². The van der Waals surface area contributed by atoms with Gasteiger partial charge >= 0.3 is 0 Å². The molecule has 0 bridgehead atoms. The molecule has 1 aromatic rings. The monoisotopic (exact) mass is 336 g/mol. The number of likely N-dealkylation sites (tertiary alicyclic amines) is 2. The molecule has 126 valence electrons. The largest absolute Gasteiger partial charge is 0.387 e. The Balaban J connectivity index is 1.47. The van der Waals surface area contributed by atoms with Crippen molar-refractivity contribution in [2.45, 2.75) is 37.7 Å². The van der Waals surface area contributed by atoms with Crippen molar-refractivity contribution in [1.82, 2.24) is 9.80 Å². The summed E-state index contributed by atoms with van der Waals surface area (Å²) in [5, 5.41) is 11.5. The minimum atomic E-state index is -0.722. The van der Waals surface area contributed by atoms with Gasteiger partial charge in [-0.1, -0.05) is 23.7 Å². The van der Waals surface area contributed by atoms with Crippen molar-refractivity contribution < 1.29 is 9.90 Å². The van der Waals surface area contributed by atoms with E-state index in [4.69, 9.17) is 11.6 Å². The Labute approximate surface area is 143 Å². The number of rotatable bonds is 5. The highest BCUT2D eigenvalue weighted by Crippen LogP contribution is 2.25. The van der Waals surface area contributed by atoms with Crippen LogP contribution in [0, 0.1) is 0 Å². The number of nitrogens with zero attached hydrogens (tertiary/aromatic N) is 2. The summed E-state index contributed by atoms with van der Waals surface area (Å²) in [6, 6.07) is 7.63. The molecule has 1 aromatic carbocycles. The first kappa shape index (κ1) is 16.7. The van der Waals surface area contributed by atoms with Gasteiger partial charge in [0.15, 0.2) is 0 Å². The van der Waals surface area contributed by atoms with Crippen LogP contribution in [0.25, 0.3) is 0 Å². The number of halogens is 1. The molecule has 2 saturated heterocycles. The molecule has 1 atom stereocenters. The van der Waals surface area contributed by atoms with E-state index in [1.54, 1.807) is 0 Å². The van der Waals surface area contributed by atoms with Crippen LogP contribution in [0.5, 0.6) is 0 Å². The zero-order valence-electron chi connectivity index (χ0n) is 13.5. The lowest BCUT2D eigenvalue weighted by atomic mass is 10.0. The lowest BCUT2D eigenvalue weighted by Gasteiger charge is -2.28. The van der Waals surface area contributed by atoms with Crippen LogP contribution >= 0.6 is 11.6 Å². The lowest BCUT2D eigenvalue weighted by Crippen LogP contribution is -2.45. The third-order valence-electron chi connectivity index (χ3n) is 4.94. The van der Waals surface area contributed by atoms with Gasteiger partial charge in [0, 0.05) is 24.5 Å². The maximum absolute atomic E-state index is 12.4. The highest BCUT2D eigenvalue weighted by molar-refractivity contribution is 6.30. The van der Waals surface area contributed by atoms with Gasteiger partial charge in [-0.25, -0.2) is 0 Å². The van der Waals surface area contributed by atoms with Crippen LogP contribution in [0.2, 0.25) is 5.02 Å². The van der Waals surface area contributed by atoms with Crippen molar-refractivity contribution >= 4 is 17.5 Å². The van der Waals surface area contributed by atoms with Gasteiger partial charge in [-0.15, -0.1) is 0 Å². The highest BCUT2D eigenvalue weighted by atomic mass is 35.5. The Morgan fingerprint density at radius 3 is 2.57 bits per heavy atom. The quantitative estimate of drug-likeness (QED) is 0.897. The fourth-order valence-electron chi connectivity index (χ4n) is 3.62. The Bertz CT molecular complexity index is 542. The van der Waals surface area contributed by atoms with E-state index in [-0.39, 0.29) is 5.91 Å². The molecule has 0 aromatic heterocycles. The summed E-state index contributed by atoms with van der Waals surface area (Å²) in [5.41, 5.74) is 0.398. The molecule has 1 amide bonds. The van der Waals surface area contributed by atoms with E-state index in [0.29, 0.717) is 37.5 Å².